The maximum Gasteiger partial charge on any atom is 0.146 e. The summed E-state index contributed by atoms with van der Waals surface area (Å²) >= 11 is 0. The van der Waals surface area contributed by atoms with Crippen molar-refractivity contribution in [3.8, 4) is 0 Å². The number of nitrogens with zero attached hydrogens (tertiary/aromatic N) is 1. The van der Waals surface area contributed by atoms with Crippen LogP contribution < -0.4 is 0 Å². The molecule has 2 aliphatic rings. The smallest absolute Gasteiger partial charge is 0.146 e. The number of hydrogen-bond donors (Lipinski definition) is 0. The molecule has 0 radical (unpaired) electrons. The molecule has 19 heavy (non-hydrogen) atoms. The van der Waals surface area contributed by atoms with E-state index in [9.17, 15) is 0 Å². The molecular formula is C16H31NO2. The van der Waals surface area contributed by atoms with Crippen molar-refractivity contribution in [2.24, 2.45) is 17.3 Å². The van der Waals surface area contributed by atoms with Gasteiger partial charge in [-0.1, -0.05) is 20.8 Å². The zero-order chi connectivity index (χ0) is 13.9. The van der Waals surface area contributed by atoms with Gasteiger partial charge in [0.2, 0.25) is 0 Å². The summed E-state index contributed by atoms with van der Waals surface area (Å²) in [7, 11) is 1.71. The topological polar surface area (TPSA) is 21.7 Å². The first-order valence-electron chi connectivity index (χ1n) is 7.83. The molecule has 1 saturated heterocycles. The van der Waals surface area contributed by atoms with E-state index in [4.69, 9.17) is 9.47 Å². The van der Waals surface area contributed by atoms with E-state index in [-0.39, 0.29) is 5.41 Å². The third-order valence-electron chi connectivity index (χ3n) is 4.49. The molecule has 0 aromatic carbocycles. The van der Waals surface area contributed by atoms with Crippen LogP contribution in [0, 0.1) is 17.3 Å². The van der Waals surface area contributed by atoms with Crippen LogP contribution in [0.2, 0.25) is 0 Å². The predicted molar refractivity (Wildman–Crippen MR) is 78.1 cm³/mol. The van der Waals surface area contributed by atoms with Crippen LogP contribution >= 0.6 is 0 Å². The summed E-state index contributed by atoms with van der Waals surface area (Å²) in [5.74, 6) is 1.70. The molecule has 112 valence electrons. The van der Waals surface area contributed by atoms with Crippen LogP contribution in [0.1, 0.15) is 46.5 Å². The van der Waals surface area contributed by atoms with Crippen LogP contribution in [0.5, 0.6) is 0 Å². The molecule has 0 bridgehead atoms. The van der Waals surface area contributed by atoms with Crippen LogP contribution in [0.15, 0.2) is 0 Å². The molecule has 0 aromatic rings. The van der Waals surface area contributed by atoms with Gasteiger partial charge in [-0.3, -0.25) is 0 Å². The van der Waals surface area contributed by atoms with Crippen molar-refractivity contribution in [1.82, 2.24) is 4.90 Å². The lowest BCUT2D eigenvalue weighted by Crippen LogP contribution is -2.44. The molecule has 1 unspecified atom stereocenters. The monoisotopic (exact) mass is 269 g/mol. The lowest BCUT2D eigenvalue weighted by molar-refractivity contribution is -0.136. The van der Waals surface area contributed by atoms with E-state index in [1.54, 1.807) is 7.11 Å². The molecule has 1 atom stereocenters. The van der Waals surface area contributed by atoms with Crippen LogP contribution in [-0.2, 0) is 9.47 Å². The summed E-state index contributed by atoms with van der Waals surface area (Å²) < 4.78 is 11.1. The average molecular weight is 269 g/mol. The maximum atomic E-state index is 5.98. The van der Waals surface area contributed by atoms with Crippen LogP contribution in [0.3, 0.4) is 0 Å². The van der Waals surface area contributed by atoms with Crippen molar-refractivity contribution in [1.29, 1.82) is 0 Å². The molecule has 0 amide bonds. The number of ether oxygens (including phenoxy) is 2. The molecule has 0 spiro atoms. The van der Waals surface area contributed by atoms with Gasteiger partial charge in [-0.15, -0.1) is 0 Å². The molecule has 1 aliphatic heterocycles. The van der Waals surface area contributed by atoms with Gasteiger partial charge in [0.1, 0.15) is 6.79 Å². The van der Waals surface area contributed by atoms with E-state index in [2.05, 4.69) is 25.7 Å². The second-order valence-corrected chi connectivity index (χ2v) is 7.44. The van der Waals surface area contributed by atoms with Gasteiger partial charge in [0.25, 0.3) is 0 Å². The predicted octanol–water partition coefficient (Wildman–Crippen LogP) is 3.14. The van der Waals surface area contributed by atoms with Crippen molar-refractivity contribution in [2.75, 3.05) is 33.5 Å². The fourth-order valence-corrected chi connectivity index (χ4v) is 3.34. The molecule has 2 rings (SSSR count). The van der Waals surface area contributed by atoms with Gasteiger partial charge in [0.05, 0.1) is 6.10 Å². The second-order valence-electron chi connectivity index (χ2n) is 7.44. The minimum absolute atomic E-state index is 0.196. The molecule has 2 fully saturated rings. The Morgan fingerprint density at radius 1 is 1.11 bits per heavy atom. The summed E-state index contributed by atoms with van der Waals surface area (Å²) in [5.41, 5.74) is 0.196. The van der Waals surface area contributed by atoms with E-state index in [1.165, 1.54) is 45.3 Å². The van der Waals surface area contributed by atoms with Crippen LogP contribution in [0.4, 0.5) is 0 Å². The molecule has 1 heterocycles. The Morgan fingerprint density at radius 2 is 1.74 bits per heavy atom. The van der Waals surface area contributed by atoms with E-state index >= 15 is 0 Å². The number of piperidine rings is 1. The van der Waals surface area contributed by atoms with Crippen molar-refractivity contribution in [3.63, 3.8) is 0 Å². The maximum absolute atomic E-state index is 5.98. The highest BCUT2D eigenvalue weighted by molar-refractivity contribution is 4.87. The van der Waals surface area contributed by atoms with Gasteiger partial charge in [-0.2, -0.15) is 0 Å². The molecule has 1 saturated carbocycles. The van der Waals surface area contributed by atoms with Gasteiger partial charge < -0.3 is 14.4 Å². The van der Waals surface area contributed by atoms with Gasteiger partial charge >= 0.3 is 0 Å². The fraction of sp³-hybridized carbons (Fsp3) is 1.00. The van der Waals surface area contributed by atoms with Gasteiger partial charge in [-0.25, -0.2) is 0 Å². The van der Waals surface area contributed by atoms with E-state index in [0.29, 0.717) is 18.8 Å². The van der Waals surface area contributed by atoms with E-state index < -0.39 is 0 Å². The highest BCUT2D eigenvalue weighted by atomic mass is 16.7. The van der Waals surface area contributed by atoms with Gasteiger partial charge in [-0.05, 0) is 56.0 Å². The lowest BCUT2D eigenvalue weighted by atomic mass is 9.77. The summed E-state index contributed by atoms with van der Waals surface area (Å²) in [6.07, 6.45) is 5.79. The number of likely N-dealkylation sites (tertiary alicyclic amines) is 1. The molecular weight excluding hydrogens is 238 g/mol. The molecule has 1 aliphatic carbocycles. The zero-order valence-electron chi connectivity index (χ0n) is 13.2. The highest BCUT2D eigenvalue weighted by Gasteiger charge is 2.36. The number of rotatable bonds is 6. The first-order valence-corrected chi connectivity index (χ1v) is 7.83. The second kappa shape index (κ2) is 6.55. The number of methoxy groups -OCH3 is 1. The lowest BCUT2D eigenvalue weighted by Gasteiger charge is -2.41. The third kappa shape index (κ3) is 4.73. The molecule has 0 aromatic heterocycles. The van der Waals surface area contributed by atoms with Crippen molar-refractivity contribution < 1.29 is 9.47 Å². The Hall–Kier alpha value is -0.120. The molecule has 3 heteroatoms. The Labute approximate surface area is 118 Å². The summed E-state index contributed by atoms with van der Waals surface area (Å²) in [6.45, 7) is 11.1. The minimum atomic E-state index is 0.196. The van der Waals surface area contributed by atoms with Crippen molar-refractivity contribution >= 4 is 0 Å². The van der Waals surface area contributed by atoms with Crippen molar-refractivity contribution in [2.45, 2.75) is 52.6 Å². The Kier molecular flexibility index (Phi) is 5.27. The summed E-state index contributed by atoms with van der Waals surface area (Å²) in [4.78, 5) is 2.66. The van der Waals surface area contributed by atoms with Crippen LogP contribution in [-0.4, -0.2) is 44.5 Å². The number of hydrogen-bond acceptors (Lipinski definition) is 3. The summed E-state index contributed by atoms with van der Waals surface area (Å²) in [6, 6.07) is 0. The van der Waals surface area contributed by atoms with E-state index in [1.807, 2.05) is 0 Å². The first-order chi connectivity index (χ1) is 9.00. The third-order valence-corrected chi connectivity index (χ3v) is 4.49. The normalized spacial score (nSPS) is 24.6. The Morgan fingerprint density at radius 3 is 2.21 bits per heavy atom. The highest BCUT2D eigenvalue weighted by Crippen LogP contribution is 2.36. The van der Waals surface area contributed by atoms with Crippen LogP contribution in [0.25, 0.3) is 0 Å². The van der Waals surface area contributed by atoms with Crippen molar-refractivity contribution in [3.05, 3.63) is 0 Å². The first kappa shape index (κ1) is 15.3. The van der Waals surface area contributed by atoms with E-state index in [0.717, 1.165) is 5.92 Å². The fourth-order valence-electron chi connectivity index (χ4n) is 3.34. The average Bonchev–Trinajstić information content (AvgIpc) is 3.14. The Balaban J connectivity index is 1.81. The largest absolute Gasteiger partial charge is 0.359 e. The summed E-state index contributed by atoms with van der Waals surface area (Å²) in [5, 5.41) is 0. The SMILES string of the molecule is COCOC(C1CCN(CC2CC2)CC1)C(C)(C)C. The Bertz CT molecular complexity index is 262. The zero-order valence-corrected chi connectivity index (χ0v) is 13.2. The molecule has 0 N–H and O–H groups in total. The minimum Gasteiger partial charge on any atom is -0.359 e. The van der Waals surface area contributed by atoms with Gasteiger partial charge in [0.15, 0.2) is 0 Å². The quantitative estimate of drug-likeness (QED) is 0.691. The standard InChI is InChI=1S/C16H31NO2/c1-16(2,3)15(19-12-18-4)14-7-9-17(10-8-14)11-13-5-6-13/h13-15H,5-12H2,1-4H3. The molecule has 3 nitrogen and oxygen atoms in total. The van der Waals surface area contributed by atoms with Gasteiger partial charge in [0, 0.05) is 13.7 Å².